The second-order valence-corrected chi connectivity index (χ2v) is 6.38. The molecule has 3 aromatic rings. The number of rotatable bonds is 4. The van der Waals surface area contributed by atoms with Gasteiger partial charge in [0.1, 0.15) is 5.69 Å². The lowest BCUT2D eigenvalue weighted by molar-refractivity contribution is 0.102. The molecule has 0 aliphatic rings. The van der Waals surface area contributed by atoms with Crippen molar-refractivity contribution in [1.29, 1.82) is 5.41 Å². The molecular formula is C17H15N5O2S. The summed E-state index contributed by atoms with van der Waals surface area (Å²) in [5, 5.41) is 12.8. The van der Waals surface area contributed by atoms with Crippen LogP contribution in [0, 0.1) is 12.3 Å². The number of nitrogen functional groups attached to an aromatic ring is 1. The van der Waals surface area contributed by atoms with E-state index >= 15 is 0 Å². The van der Waals surface area contributed by atoms with Crippen molar-refractivity contribution in [2.45, 2.75) is 6.92 Å². The summed E-state index contributed by atoms with van der Waals surface area (Å²) in [6, 6.07) is 6.52. The van der Waals surface area contributed by atoms with E-state index in [0.29, 0.717) is 33.8 Å². The number of nitrogens with one attached hydrogen (secondary N) is 3. The van der Waals surface area contributed by atoms with Crippen LogP contribution in [0.4, 0.5) is 11.4 Å². The Morgan fingerprint density at radius 3 is 2.80 bits per heavy atom. The summed E-state index contributed by atoms with van der Waals surface area (Å²) in [6.07, 6.45) is 2.62. The predicted octanol–water partition coefficient (Wildman–Crippen LogP) is 2.64. The second-order valence-electron chi connectivity index (χ2n) is 5.32. The summed E-state index contributed by atoms with van der Waals surface area (Å²) in [4.78, 5) is 30.6. The summed E-state index contributed by atoms with van der Waals surface area (Å²) in [5.41, 5.74) is 8.53. The molecule has 0 saturated carbocycles. The van der Waals surface area contributed by atoms with Gasteiger partial charge in [-0.25, -0.2) is 4.98 Å². The molecule has 8 heteroatoms. The normalized spacial score (nSPS) is 10.4. The molecule has 0 unspecified atom stereocenters. The van der Waals surface area contributed by atoms with E-state index in [0.717, 1.165) is 11.2 Å². The van der Waals surface area contributed by atoms with E-state index < -0.39 is 0 Å². The van der Waals surface area contributed by atoms with Gasteiger partial charge < -0.3 is 21.4 Å². The zero-order valence-corrected chi connectivity index (χ0v) is 14.1. The maximum absolute atomic E-state index is 12.4. The number of pyridine rings is 1. The minimum absolute atomic E-state index is 0.240. The lowest BCUT2D eigenvalue weighted by Crippen LogP contribution is -2.14. The molecule has 126 valence electrons. The highest BCUT2D eigenvalue weighted by Crippen LogP contribution is 2.29. The maximum atomic E-state index is 12.4. The Hall–Kier alpha value is -3.26. The van der Waals surface area contributed by atoms with Crippen LogP contribution in [-0.4, -0.2) is 22.1 Å². The standard InChI is InChI=1S/C17H15N5O2S/c1-9-21-15(8-25-9)17(24)22-14-5-11(4-13(19)12(14)7-18)10-2-3-20-16(23)6-10/h2-8,18H,19H2,1H3,(H,20,23)(H,22,24). The smallest absolute Gasteiger partial charge is 0.275 e. The third-order valence-corrected chi connectivity index (χ3v) is 4.34. The van der Waals surface area contributed by atoms with Crippen molar-refractivity contribution in [3.63, 3.8) is 0 Å². The lowest BCUT2D eigenvalue weighted by Gasteiger charge is -2.13. The molecule has 0 atom stereocenters. The van der Waals surface area contributed by atoms with Gasteiger partial charge in [0.15, 0.2) is 0 Å². The first-order chi connectivity index (χ1) is 12.0. The van der Waals surface area contributed by atoms with Gasteiger partial charge in [-0.3, -0.25) is 9.59 Å². The molecule has 3 rings (SSSR count). The molecule has 0 spiro atoms. The summed E-state index contributed by atoms with van der Waals surface area (Å²) < 4.78 is 0. The molecule has 1 aromatic carbocycles. The zero-order chi connectivity index (χ0) is 18.0. The van der Waals surface area contributed by atoms with Crippen molar-refractivity contribution in [2.75, 3.05) is 11.1 Å². The summed E-state index contributed by atoms with van der Waals surface area (Å²) in [6.45, 7) is 1.82. The summed E-state index contributed by atoms with van der Waals surface area (Å²) in [5.74, 6) is -0.380. The quantitative estimate of drug-likeness (QED) is 0.425. The molecule has 0 saturated heterocycles. The molecule has 0 fully saturated rings. The predicted molar refractivity (Wildman–Crippen MR) is 99.6 cm³/mol. The molecule has 1 amide bonds. The minimum atomic E-state index is -0.380. The largest absolute Gasteiger partial charge is 0.398 e. The fourth-order valence-corrected chi connectivity index (χ4v) is 2.98. The number of aromatic amines is 1. The Morgan fingerprint density at radius 1 is 1.36 bits per heavy atom. The topological polar surface area (TPSA) is 125 Å². The van der Waals surface area contributed by atoms with Gasteiger partial charge in [0, 0.05) is 35.1 Å². The van der Waals surface area contributed by atoms with Gasteiger partial charge in [-0.15, -0.1) is 11.3 Å². The van der Waals surface area contributed by atoms with Crippen LogP contribution in [0.2, 0.25) is 0 Å². The van der Waals surface area contributed by atoms with Crippen LogP contribution in [0.15, 0.2) is 40.6 Å². The molecule has 7 nitrogen and oxygen atoms in total. The molecule has 25 heavy (non-hydrogen) atoms. The molecule has 0 aliphatic carbocycles. The first-order valence-electron chi connectivity index (χ1n) is 7.34. The van der Waals surface area contributed by atoms with Gasteiger partial charge in [0.05, 0.1) is 10.7 Å². The molecule has 0 radical (unpaired) electrons. The van der Waals surface area contributed by atoms with Crippen molar-refractivity contribution >= 4 is 34.8 Å². The molecule has 0 aliphatic heterocycles. The van der Waals surface area contributed by atoms with Crippen molar-refractivity contribution in [1.82, 2.24) is 9.97 Å². The fraction of sp³-hybridized carbons (Fsp3) is 0.0588. The third kappa shape index (κ3) is 3.48. The number of hydrogen-bond donors (Lipinski definition) is 4. The van der Waals surface area contributed by atoms with Gasteiger partial charge in [-0.1, -0.05) is 0 Å². The summed E-state index contributed by atoms with van der Waals surface area (Å²) in [7, 11) is 0. The Bertz CT molecular complexity index is 1020. The first-order valence-corrected chi connectivity index (χ1v) is 8.22. The molecule has 0 bridgehead atoms. The van der Waals surface area contributed by atoms with E-state index in [1.54, 1.807) is 23.6 Å². The average molecular weight is 353 g/mol. The average Bonchev–Trinajstić information content (AvgIpc) is 3.01. The number of nitrogens with two attached hydrogens (primary N) is 1. The van der Waals surface area contributed by atoms with E-state index in [2.05, 4.69) is 15.3 Å². The van der Waals surface area contributed by atoms with Crippen molar-refractivity contribution in [3.8, 4) is 11.1 Å². The van der Waals surface area contributed by atoms with Crippen LogP contribution < -0.4 is 16.6 Å². The van der Waals surface area contributed by atoms with Crippen LogP contribution in [0.5, 0.6) is 0 Å². The number of benzene rings is 1. The highest BCUT2D eigenvalue weighted by Gasteiger charge is 2.14. The molecule has 5 N–H and O–H groups in total. The molecule has 2 heterocycles. The number of amides is 1. The number of H-pyrrole nitrogens is 1. The van der Waals surface area contributed by atoms with Gasteiger partial charge in [0.2, 0.25) is 5.56 Å². The fourth-order valence-electron chi connectivity index (χ4n) is 2.39. The van der Waals surface area contributed by atoms with Crippen LogP contribution in [0.3, 0.4) is 0 Å². The van der Waals surface area contributed by atoms with E-state index in [9.17, 15) is 9.59 Å². The highest BCUT2D eigenvalue weighted by atomic mass is 32.1. The van der Waals surface area contributed by atoms with Gasteiger partial charge >= 0.3 is 0 Å². The maximum Gasteiger partial charge on any atom is 0.275 e. The van der Waals surface area contributed by atoms with Crippen LogP contribution in [-0.2, 0) is 0 Å². The lowest BCUT2D eigenvalue weighted by atomic mass is 10.0. The molecule has 2 aromatic heterocycles. The number of nitrogens with zero attached hydrogens (tertiary/aromatic N) is 1. The summed E-state index contributed by atoms with van der Waals surface area (Å²) >= 11 is 1.38. The van der Waals surface area contributed by atoms with Crippen molar-refractivity contribution in [3.05, 3.63) is 62.5 Å². The van der Waals surface area contributed by atoms with Gasteiger partial charge in [0.25, 0.3) is 5.91 Å². The van der Waals surface area contributed by atoms with Gasteiger partial charge in [-0.05, 0) is 36.2 Å². The Balaban J connectivity index is 2.03. The van der Waals surface area contributed by atoms with Crippen molar-refractivity contribution < 1.29 is 4.79 Å². The van der Waals surface area contributed by atoms with E-state index in [-0.39, 0.29) is 11.5 Å². The van der Waals surface area contributed by atoms with Crippen LogP contribution >= 0.6 is 11.3 Å². The van der Waals surface area contributed by atoms with Crippen LogP contribution in [0.25, 0.3) is 11.1 Å². The second kappa shape index (κ2) is 6.70. The number of aryl methyl sites for hydroxylation is 1. The highest BCUT2D eigenvalue weighted by molar-refractivity contribution is 7.09. The van der Waals surface area contributed by atoms with E-state index in [4.69, 9.17) is 11.1 Å². The Morgan fingerprint density at radius 2 is 2.16 bits per heavy atom. The van der Waals surface area contributed by atoms with Crippen molar-refractivity contribution in [2.24, 2.45) is 0 Å². The first kappa shape index (κ1) is 16.6. The Kier molecular flexibility index (Phi) is 4.44. The molecular weight excluding hydrogens is 338 g/mol. The van der Waals surface area contributed by atoms with Crippen LogP contribution in [0.1, 0.15) is 21.1 Å². The van der Waals surface area contributed by atoms with E-state index in [1.165, 1.54) is 23.6 Å². The number of carbonyl (C=O) groups excluding carboxylic acids is 1. The van der Waals surface area contributed by atoms with E-state index in [1.807, 2.05) is 6.92 Å². The zero-order valence-electron chi connectivity index (χ0n) is 13.3. The minimum Gasteiger partial charge on any atom is -0.398 e. The number of thiazole rings is 1. The number of carbonyl (C=O) groups is 1. The number of hydrogen-bond acceptors (Lipinski definition) is 6. The SMILES string of the molecule is Cc1nc(C(=O)Nc2cc(-c3cc[nH]c(=O)c3)cc(N)c2C=N)cs1. The number of aromatic nitrogens is 2. The van der Waals surface area contributed by atoms with Gasteiger partial charge in [-0.2, -0.15) is 0 Å². The Labute approximate surface area is 147 Å². The number of anilines is 2. The monoisotopic (exact) mass is 353 g/mol. The third-order valence-electron chi connectivity index (χ3n) is 3.56.